The van der Waals surface area contributed by atoms with E-state index in [9.17, 15) is 9.90 Å². The summed E-state index contributed by atoms with van der Waals surface area (Å²) in [5.41, 5.74) is 0.755. The summed E-state index contributed by atoms with van der Waals surface area (Å²) in [6.07, 6.45) is 8.80. The second-order valence-electron chi connectivity index (χ2n) is 9.88. The van der Waals surface area contributed by atoms with Crippen LogP contribution < -0.4 is 14.8 Å². The maximum atomic E-state index is 12.8. The Morgan fingerprint density at radius 1 is 1.12 bits per heavy atom. The summed E-state index contributed by atoms with van der Waals surface area (Å²) in [5.74, 6) is 2.04. The molecule has 1 amide bonds. The standard InChI is InChI=1S/C27H44N2O4/c1-4-6-7-8-9-10-26(30)28-23(19-29-18-20(3)11-13-22(29)5-2)27(31)21-12-14-24-25(17-21)33-16-15-32-24/h12,14,17,20,22-23,27,31H,4-11,13,15-16,18-19H2,1-3H3,(H,28,30)/t20-,22+,23+,27+/m0/s1. The molecule has 2 aliphatic heterocycles. The highest BCUT2D eigenvalue weighted by molar-refractivity contribution is 5.76. The Morgan fingerprint density at radius 2 is 1.88 bits per heavy atom. The minimum Gasteiger partial charge on any atom is -0.486 e. The van der Waals surface area contributed by atoms with Crippen molar-refractivity contribution in [3.63, 3.8) is 0 Å². The van der Waals surface area contributed by atoms with Crippen molar-refractivity contribution in [3.8, 4) is 11.5 Å². The molecule has 4 atom stereocenters. The van der Waals surface area contributed by atoms with Crippen LogP contribution in [0.4, 0.5) is 0 Å². The zero-order valence-electron chi connectivity index (χ0n) is 20.9. The molecule has 2 aliphatic rings. The van der Waals surface area contributed by atoms with Crippen LogP contribution in [-0.2, 0) is 4.79 Å². The van der Waals surface area contributed by atoms with Gasteiger partial charge in [-0.15, -0.1) is 0 Å². The Balaban J connectivity index is 1.70. The van der Waals surface area contributed by atoms with E-state index >= 15 is 0 Å². The Kier molecular flexibility index (Phi) is 10.3. The molecule has 33 heavy (non-hydrogen) atoms. The fraction of sp³-hybridized carbons (Fsp3) is 0.741. The van der Waals surface area contributed by atoms with Gasteiger partial charge >= 0.3 is 0 Å². The number of likely N-dealkylation sites (tertiary alicyclic amines) is 1. The van der Waals surface area contributed by atoms with E-state index in [1.165, 1.54) is 32.1 Å². The molecule has 186 valence electrons. The molecule has 6 heteroatoms. The number of rotatable bonds is 12. The van der Waals surface area contributed by atoms with Gasteiger partial charge in [-0.25, -0.2) is 0 Å². The average molecular weight is 461 g/mol. The van der Waals surface area contributed by atoms with Gasteiger partial charge in [0.1, 0.15) is 19.3 Å². The van der Waals surface area contributed by atoms with Gasteiger partial charge in [-0.05, 0) is 49.3 Å². The molecular formula is C27H44N2O4. The van der Waals surface area contributed by atoms with Crippen LogP contribution in [0, 0.1) is 5.92 Å². The number of aliphatic hydroxyl groups excluding tert-OH is 1. The highest BCUT2D eigenvalue weighted by Gasteiger charge is 2.31. The number of unbranched alkanes of at least 4 members (excludes halogenated alkanes) is 4. The molecule has 0 radical (unpaired) electrons. The summed E-state index contributed by atoms with van der Waals surface area (Å²) in [5, 5.41) is 14.6. The molecule has 1 fully saturated rings. The quantitative estimate of drug-likeness (QED) is 0.437. The summed E-state index contributed by atoms with van der Waals surface area (Å²) in [6.45, 7) is 9.43. The van der Waals surface area contributed by atoms with E-state index < -0.39 is 6.10 Å². The summed E-state index contributed by atoms with van der Waals surface area (Å²) in [7, 11) is 0. The monoisotopic (exact) mass is 460 g/mol. The zero-order chi connectivity index (χ0) is 23.6. The first kappa shape index (κ1) is 25.8. The van der Waals surface area contributed by atoms with Gasteiger partial charge in [0, 0.05) is 25.6 Å². The number of carbonyl (C=O) groups is 1. The van der Waals surface area contributed by atoms with Crippen LogP contribution in [0.2, 0.25) is 0 Å². The van der Waals surface area contributed by atoms with Crippen molar-refractivity contribution in [1.29, 1.82) is 0 Å². The van der Waals surface area contributed by atoms with Gasteiger partial charge in [-0.2, -0.15) is 0 Å². The zero-order valence-corrected chi connectivity index (χ0v) is 20.9. The van der Waals surface area contributed by atoms with Gasteiger partial charge in [0.2, 0.25) is 5.91 Å². The molecule has 1 aromatic rings. The predicted octanol–water partition coefficient (Wildman–Crippen LogP) is 4.85. The molecule has 3 rings (SSSR count). The molecule has 1 saturated heterocycles. The summed E-state index contributed by atoms with van der Waals surface area (Å²) < 4.78 is 11.4. The minimum atomic E-state index is -0.806. The molecular weight excluding hydrogens is 416 g/mol. The molecule has 0 saturated carbocycles. The van der Waals surface area contributed by atoms with Crippen molar-refractivity contribution in [2.24, 2.45) is 5.92 Å². The lowest BCUT2D eigenvalue weighted by Gasteiger charge is -2.41. The third-order valence-electron chi connectivity index (χ3n) is 7.10. The number of hydrogen-bond acceptors (Lipinski definition) is 5. The maximum absolute atomic E-state index is 12.8. The number of amides is 1. The summed E-state index contributed by atoms with van der Waals surface area (Å²) in [4.78, 5) is 15.3. The summed E-state index contributed by atoms with van der Waals surface area (Å²) >= 11 is 0. The first-order valence-corrected chi connectivity index (χ1v) is 13.1. The lowest BCUT2D eigenvalue weighted by molar-refractivity contribution is -0.123. The van der Waals surface area contributed by atoms with Gasteiger partial charge in [-0.3, -0.25) is 9.69 Å². The highest BCUT2D eigenvalue weighted by Crippen LogP contribution is 2.34. The smallest absolute Gasteiger partial charge is 0.220 e. The van der Waals surface area contributed by atoms with Gasteiger partial charge in [0.25, 0.3) is 0 Å². The van der Waals surface area contributed by atoms with E-state index in [1.807, 2.05) is 18.2 Å². The molecule has 0 spiro atoms. The SMILES string of the molecule is CCCCCCCC(=O)N[C@H](CN1C[C@@H](C)CC[C@H]1CC)[C@H](O)c1ccc2c(c1)OCCO2. The van der Waals surface area contributed by atoms with E-state index in [0.717, 1.165) is 31.4 Å². The third-order valence-corrected chi connectivity index (χ3v) is 7.10. The average Bonchev–Trinajstić information content (AvgIpc) is 2.83. The fourth-order valence-corrected chi connectivity index (χ4v) is 5.11. The second kappa shape index (κ2) is 13.2. The van der Waals surface area contributed by atoms with Gasteiger partial charge in [0.05, 0.1) is 6.04 Å². The van der Waals surface area contributed by atoms with Crippen molar-refractivity contribution < 1.29 is 19.4 Å². The first-order valence-electron chi connectivity index (χ1n) is 13.1. The Labute approximate surface area is 200 Å². The van der Waals surface area contributed by atoms with Gasteiger partial charge < -0.3 is 19.9 Å². The maximum Gasteiger partial charge on any atom is 0.220 e. The molecule has 2 heterocycles. The van der Waals surface area contributed by atoms with Crippen LogP contribution in [0.5, 0.6) is 11.5 Å². The molecule has 6 nitrogen and oxygen atoms in total. The Bertz CT molecular complexity index is 741. The normalized spacial score (nSPS) is 22.5. The van der Waals surface area contributed by atoms with Crippen molar-refractivity contribution in [1.82, 2.24) is 10.2 Å². The number of benzene rings is 1. The molecule has 0 aliphatic carbocycles. The predicted molar refractivity (Wildman–Crippen MR) is 132 cm³/mol. The number of ether oxygens (including phenoxy) is 2. The number of nitrogens with zero attached hydrogens (tertiary/aromatic N) is 1. The second-order valence-corrected chi connectivity index (χ2v) is 9.88. The van der Waals surface area contributed by atoms with Crippen LogP contribution in [-0.4, -0.2) is 54.3 Å². The van der Waals surface area contributed by atoms with Crippen molar-refractivity contribution in [2.75, 3.05) is 26.3 Å². The first-order chi connectivity index (χ1) is 16.0. The van der Waals surface area contributed by atoms with Crippen molar-refractivity contribution >= 4 is 5.91 Å². The lowest BCUT2D eigenvalue weighted by atomic mass is 9.91. The fourth-order valence-electron chi connectivity index (χ4n) is 5.11. The van der Waals surface area contributed by atoms with Crippen LogP contribution >= 0.6 is 0 Å². The van der Waals surface area contributed by atoms with Crippen molar-refractivity contribution in [2.45, 2.75) is 96.7 Å². The van der Waals surface area contributed by atoms with Crippen LogP contribution in [0.3, 0.4) is 0 Å². The molecule has 0 unspecified atom stereocenters. The number of nitrogens with one attached hydrogen (secondary N) is 1. The van der Waals surface area contributed by atoms with E-state index in [4.69, 9.17) is 9.47 Å². The van der Waals surface area contributed by atoms with Crippen LogP contribution in [0.15, 0.2) is 18.2 Å². The largest absolute Gasteiger partial charge is 0.486 e. The molecule has 0 aromatic heterocycles. The Hall–Kier alpha value is -1.79. The van der Waals surface area contributed by atoms with E-state index in [0.29, 0.717) is 49.6 Å². The topological polar surface area (TPSA) is 71.0 Å². The molecule has 0 bridgehead atoms. The van der Waals surface area contributed by atoms with Crippen LogP contribution in [0.1, 0.15) is 90.2 Å². The van der Waals surface area contributed by atoms with Crippen LogP contribution in [0.25, 0.3) is 0 Å². The number of fused-ring (bicyclic) bond motifs is 1. The number of carbonyl (C=O) groups excluding carboxylic acids is 1. The lowest BCUT2D eigenvalue weighted by Crippen LogP contribution is -2.52. The minimum absolute atomic E-state index is 0.0335. The van der Waals surface area contributed by atoms with E-state index in [2.05, 4.69) is 31.0 Å². The van der Waals surface area contributed by atoms with Crippen molar-refractivity contribution in [3.05, 3.63) is 23.8 Å². The molecule has 1 aromatic carbocycles. The van der Waals surface area contributed by atoms with E-state index in [1.54, 1.807) is 0 Å². The number of piperidine rings is 1. The van der Waals surface area contributed by atoms with Gasteiger partial charge in [-0.1, -0.05) is 52.5 Å². The van der Waals surface area contributed by atoms with E-state index in [-0.39, 0.29) is 11.9 Å². The van der Waals surface area contributed by atoms with Gasteiger partial charge in [0.15, 0.2) is 11.5 Å². The Morgan fingerprint density at radius 3 is 2.64 bits per heavy atom. The number of hydrogen-bond donors (Lipinski definition) is 2. The highest BCUT2D eigenvalue weighted by atomic mass is 16.6. The summed E-state index contributed by atoms with van der Waals surface area (Å²) in [6, 6.07) is 5.74. The number of aliphatic hydroxyl groups is 1. The molecule has 2 N–H and O–H groups in total. The third kappa shape index (κ3) is 7.61.